The molecule has 0 aromatic heterocycles. The summed E-state index contributed by atoms with van der Waals surface area (Å²) in [6.45, 7) is 3.96. The lowest BCUT2D eigenvalue weighted by Gasteiger charge is -2.53. The molecule has 3 fully saturated rings. The van der Waals surface area contributed by atoms with Crippen molar-refractivity contribution < 1.29 is 14.3 Å². The maximum absolute atomic E-state index is 13.8. The maximum atomic E-state index is 13.8. The lowest BCUT2D eigenvalue weighted by Crippen LogP contribution is -2.66. The van der Waals surface area contributed by atoms with Gasteiger partial charge >= 0.3 is 0 Å². The molecule has 6 heteroatoms. The van der Waals surface area contributed by atoms with E-state index in [-0.39, 0.29) is 11.8 Å². The molecule has 2 aromatic rings. The molecule has 0 radical (unpaired) electrons. The molecular weight excluding hydrogens is 426 g/mol. The molecule has 178 valence electrons. The first-order valence-corrected chi connectivity index (χ1v) is 12.7. The molecule has 2 heterocycles. The molecule has 2 aliphatic carbocycles. The first kappa shape index (κ1) is 21.7. The van der Waals surface area contributed by atoms with Gasteiger partial charge < -0.3 is 19.9 Å². The van der Waals surface area contributed by atoms with E-state index >= 15 is 0 Å². The average Bonchev–Trinajstić information content (AvgIpc) is 2.87. The summed E-state index contributed by atoms with van der Waals surface area (Å²) < 4.78 is 5.45. The van der Waals surface area contributed by atoms with Gasteiger partial charge in [0.25, 0.3) is 0 Å². The fraction of sp³-hybridized carbons (Fsp3) is 0.500. The van der Waals surface area contributed by atoms with Crippen LogP contribution in [0.4, 0.5) is 11.4 Å². The van der Waals surface area contributed by atoms with Crippen molar-refractivity contribution in [3.63, 3.8) is 0 Å². The molecule has 1 N–H and O–H groups in total. The van der Waals surface area contributed by atoms with Crippen molar-refractivity contribution >= 4 is 23.2 Å². The Morgan fingerprint density at radius 3 is 2.29 bits per heavy atom. The Labute approximate surface area is 201 Å². The minimum absolute atomic E-state index is 0.0167. The number of amides is 2. The van der Waals surface area contributed by atoms with Crippen molar-refractivity contribution in [2.45, 2.75) is 44.1 Å². The van der Waals surface area contributed by atoms with Crippen LogP contribution in [0.5, 0.6) is 0 Å². The topological polar surface area (TPSA) is 61.9 Å². The zero-order valence-electron chi connectivity index (χ0n) is 19.7. The Hall–Kier alpha value is -2.86. The van der Waals surface area contributed by atoms with Crippen LogP contribution in [0.25, 0.3) is 0 Å². The SMILES string of the molecule is O=C1CCN1[C@]1(C(=O)Nc2ccc(N3CCOCC3)cc2)CC[C@@H]2Cc3ccccc3C[C@@H]2C1. The van der Waals surface area contributed by atoms with Crippen LogP contribution in [-0.2, 0) is 27.2 Å². The molecular formula is C28H33N3O3. The van der Waals surface area contributed by atoms with E-state index in [2.05, 4.69) is 46.6 Å². The van der Waals surface area contributed by atoms with Crippen LogP contribution in [-0.4, -0.2) is 55.1 Å². The number of benzene rings is 2. The van der Waals surface area contributed by atoms with Crippen molar-refractivity contribution in [1.29, 1.82) is 0 Å². The van der Waals surface area contributed by atoms with E-state index in [1.54, 1.807) is 0 Å². The van der Waals surface area contributed by atoms with Crippen LogP contribution < -0.4 is 10.2 Å². The monoisotopic (exact) mass is 459 g/mol. The van der Waals surface area contributed by atoms with E-state index in [1.807, 2.05) is 17.0 Å². The fourth-order valence-electron chi connectivity index (χ4n) is 6.56. The lowest BCUT2D eigenvalue weighted by molar-refractivity contribution is -0.159. The standard InChI is InChI=1S/C28H33N3O3/c32-26-10-12-31(26)28(11-9-22-17-20-3-1-2-4-21(20)18-23(22)19-28)27(33)29-24-5-7-25(8-6-24)30-13-15-34-16-14-30/h1-8,22-23H,9-19H2,(H,29,33)/t22-,23-,28-/m1/s1. The normalized spacial score (nSPS) is 28.5. The Bertz CT molecular complexity index is 1080. The second-order valence-corrected chi connectivity index (χ2v) is 10.4. The molecule has 2 aliphatic heterocycles. The van der Waals surface area contributed by atoms with E-state index in [9.17, 15) is 9.59 Å². The van der Waals surface area contributed by atoms with Crippen LogP contribution in [0.15, 0.2) is 48.5 Å². The molecule has 4 aliphatic rings. The highest BCUT2D eigenvalue weighted by molar-refractivity contribution is 6.01. The summed E-state index contributed by atoms with van der Waals surface area (Å²) in [5.74, 6) is 1.14. The molecule has 0 spiro atoms. The van der Waals surface area contributed by atoms with Crippen LogP contribution >= 0.6 is 0 Å². The minimum Gasteiger partial charge on any atom is -0.378 e. The van der Waals surface area contributed by atoms with Gasteiger partial charge in [0, 0.05) is 37.4 Å². The van der Waals surface area contributed by atoms with Crippen molar-refractivity contribution in [1.82, 2.24) is 4.90 Å². The number of fused-ring (bicyclic) bond motifs is 2. The first-order chi connectivity index (χ1) is 16.6. The maximum Gasteiger partial charge on any atom is 0.250 e. The van der Waals surface area contributed by atoms with Gasteiger partial charge in [-0.3, -0.25) is 9.59 Å². The van der Waals surface area contributed by atoms with Gasteiger partial charge in [0.1, 0.15) is 5.54 Å². The number of likely N-dealkylation sites (tertiary alicyclic amines) is 1. The van der Waals surface area contributed by atoms with Gasteiger partial charge in [-0.05, 0) is 79.3 Å². The van der Waals surface area contributed by atoms with Gasteiger partial charge in [0.2, 0.25) is 11.8 Å². The minimum atomic E-state index is -0.730. The van der Waals surface area contributed by atoms with Gasteiger partial charge in [0.15, 0.2) is 0 Å². The van der Waals surface area contributed by atoms with Crippen LogP contribution in [0.2, 0.25) is 0 Å². The third-order valence-corrected chi connectivity index (χ3v) is 8.57. The highest BCUT2D eigenvalue weighted by Gasteiger charge is 2.54. The summed E-state index contributed by atoms with van der Waals surface area (Å²) in [6.07, 6.45) is 5.16. The molecule has 2 aromatic carbocycles. The van der Waals surface area contributed by atoms with Gasteiger partial charge in [-0.25, -0.2) is 0 Å². The smallest absolute Gasteiger partial charge is 0.250 e. The number of nitrogens with zero attached hydrogens (tertiary/aromatic N) is 2. The summed E-state index contributed by atoms with van der Waals surface area (Å²) in [6, 6.07) is 16.8. The summed E-state index contributed by atoms with van der Waals surface area (Å²) in [5, 5.41) is 3.19. The second kappa shape index (κ2) is 8.73. The number of nitrogens with one attached hydrogen (secondary N) is 1. The largest absolute Gasteiger partial charge is 0.378 e. The van der Waals surface area contributed by atoms with Gasteiger partial charge in [0.05, 0.1) is 13.2 Å². The van der Waals surface area contributed by atoms with Crippen LogP contribution in [0.3, 0.4) is 0 Å². The van der Waals surface area contributed by atoms with Crippen LogP contribution in [0.1, 0.15) is 36.8 Å². The Balaban J connectivity index is 1.21. The quantitative estimate of drug-likeness (QED) is 0.709. The van der Waals surface area contributed by atoms with Gasteiger partial charge in [-0.1, -0.05) is 24.3 Å². The number of morpholine rings is 1. The number of β-lactam (4-membered cyclic amide) rings is 1. The molecule has 1 saturated carbocycles. The predicted octanol–water partition coefficient (Wildman–Crippen LogP) is 3.65. The summed E-state index contributed by atoms with van der Waals surface area (Å²) in [5.41, 5.74) is 4.08. The molecule has 2 amide bonds. The second-order valence-electron chi connectivity index (χ2n) is 10.4. The van der Waals surface area contributed by atoms with Crippen LogP contribution in [0, 0.1) is 11.8 Å². The number of anilines is 2. The highest BCUT2D eigenvalue weighted by Crippen LogP contribution is 2.47. The van der Waals surface area contributed by atoms with E-state index in [0.29, 0.717) is 24.8 Å². The summed E-state index contributed by atoms with van der Waals surface area (Å²) in [4.78, 5) is 30.6. The summed E-state index contributed by atoms with van der Waals surface area (Å²) in [7, 11) is 0. The average molecular weight is 460 g/mol. The zero-order valence-corrected chi connectivity index (χ0v) is 19.7. The van der Waals surface area contributed by atoms with Crippen molar-refractivity contribution in [3.8, 4) is 0 Å². The molecule has 6 nitrogen and oxygen atoms in total. The van der Waals surface area contributed by atoms with Crippen molar-refractivity contribution in [2.75, 3.05) is 43.1 Å². The predicted molar refractivity (Wildman–Crippen MR) is 132 cm³/mol. The number of carbonyl (C=O) groups is 2. The van der Waals surface area contributed by atoms with E-state index in [4.69, 9.17) is 4.74 Å². The van der Waals surface area contributed by atoms with Gasteiger partial charge in [-0.15, -0.1) is 0 Å². The Morgan fingerprint density at radius 2 is 1.65 bits per heavy atom. The number of ether oxygens (including phenoxy) is 1. The Kier molecular flexibility index (Phi) is 5.56. The Morgan fingerprint density at radius 1 is 0.941 bits per heavy atom. The molecule has 0 bridgehead atoms. The number of hydrogen-bond donors (Lipinski definition) is 1. The molecule has 34 heavy (non-hydrogen) atoms. The third kappa shape index (κ3) is 3.78. The van der Waals surface area contributed by atoms with Crippen molar-refractivity contribution in [3.05, 3.63) is 59.7 Å². The molecule has 0 unspecified atom stereocenters. The molecule has 6 rings (SSSR count). The molecule has 3 atom stereocenters. The number of hydrogen-bond acceptors (Lipinski definition) is 4. The van der Waals surface area contributed by atoms with E-state index in [0.717, 1.165) is 69.8 Å². The lowest BCUT2D eigenvalue weighted by atomic mass is 9.62. The third-order valence-electron chi connectivity index (χ3n) is 8.57. The highest BCUT2D eigenvalue weighted by atomic mass is 16.5. The fourth-order valence-corrected chi connectivity index (χ4v) is 6.56. The first-order valence-electron chi connectivity index (χ1n) is 12.7. The summed E-state index contributed by atoms with van der Waals surface area (Å²) >= 11 is 0. The number of rotatable bonds is 4. The zero-order chi connectivity index (χ0) is 23.1. The van der Waals surface area contributed by atoms with Gasteiger partial charge in [-0.2, -0.15) is 0 Å². The van der Waals surface area contributed by atoms with E-state index in [1.165, 1.54) is 11.1 Å². The molecule has 2 saturated heterocycles. The number of carbonyl (C=O) groups excluding carboxylic acids is 2. The van der Waals surface area contributed by atoms with E-state index < -0.39 is 5.54 Å². The van der Waals surface area contributed by atoms with Crippen molar-refractivity contribution in [2.24, 2.45) is 11.8 Å².